The number of rotatable bonds is 3. The topological polar surface area (TPSA) is 73.3 Å². The van der Waals surface area contributed by atoms with Gasteiger partial charge in [-0.3, -0.25) is 4.79 Å². The zero-order chi connectivity index (χ0) is 13.9. The van der Waals surface area contributed by atoms with Crippen LogP contribution in [0.15, 0.2) is 24.3 Å². The van der Waals surface area contributed by atoms with Crippen LogP contribution in [0.3, 0.4) is 0 Å². The molecule has 1 aliphatic heterocycles. The number of fused-ring (bicyclic) bond motifs is 1. The smallest absolute Gasteiger partial charge is 0.282 e. The summed E-state index contributed by atoms with van der Waals surface area (Å²) >= 11 is 6.66. The lowest BCUT2D eigenvalue weighted by molar-refractivity contribution is 0.0788. The zero-order valence-corrected chi connectivity index (χ0v) is 11.8. The molecule has 2 heterocycles. The number of nitrogens with one attached hydrogen (secondary N) is 1. The summed E-state index contributed by atoms with van der Waals surface area (Å²) in [4.78, 5) is 11.8. The highest BCUT2D eigenvalue weighted by Gasteiger charge is 2.22. The molecule has 1 atom stereocenters. The molecule has 3 rings (SSSR count). The van der Waals surface area contributed by atoms with E-state index in [1.54, 1.807) is 0 Å². The van der Waals surface area contributed by atoms with Crippen molar-refractivity contribution in [1.29, 1.82) is 0 Å². The van der Waals surface area contributed by atoms with Crippen LogP contribution in [0, 0.1) is 0 Å². The molecule has 0 fully saturated rings. The van der Waals surface area contributed by atoms with E-state index in [1.807, 2.05) is 24.3 Å². The molecule has 1 N–H and O–H groups in total. The van der Waals surface area contributed by atoms with Crippen molar-refractivity contribution in [2.45, 2.75) is 6.10 Å². The Bertz CT molecular complexity index is 634. The molecule has 1 aliphatic rings. The van der Waals surface area contributed by atoms with Gasteiger partial charge in [0, 0.05) is 0 Å². The van der Waals surface area contributed by atoms with E-state index in [0.717, 1.165) is 11.3 Å². The normalized spacial score (nSPS) is 16.8. The third kappa shape index (κ3) is 2.83. The van der Waals surface area contributed by atoms with Crippen LogP contribution in [-0.4, -0.2) is 35.4 Å². The average molecular weight is 312 g/mol. The maximum Gasteiger partial charge on any atom is 0.282 e. The van der Waals surface area contributed by atoms with E-state index in [-0.39, 0.29) is 21.5 Å². The Morgan fingerprint density at radius 1 is 1.40 bits per heavy atom. The van der Waals surface area contributed by atoms with Crippen LogP contribution in [0.1, 0.15) is 9.80 Å². The number of halogens is 1. The number of aromatic nitrogens is 2. The number of para-hydroxylation sites is 2. The lowest BCUT2D eigenvalue weighted by atomic mass is 10.2. The van der Waals surface area contributed by atoms with E-state index in [1.165, 1.54) is 0 Å². The molecule has 104 valence electrons. The van der Waals surface area contributed by atoms with E-state index in [9.17, 15) is 4.79 Å². The molecule has 8 heteroatoms. The number of carbonyl (C=O) groups is 1. The van der Waals surface area contributed by atoms with Gasteiger partial charge in [0.05, 0.1) is 6.54 Å². The number of amides is 1. The number of hydrogen-bond donors (Lipinski definition) is 1. The highest BCUT2D eigenvalue weighted by Crippen LogP contribution is 2.30. The van der Waals surface area contributed by atoms with E-state index in [2.05, 4.69) is 15.5 Å². The monoisotopic (exact) mass is 311 g/mol. The molecule has 0 bridgehead atoms. The van der Waals surface area contributed by atoms with Gasteiger partial charge in [0.15, 0.2) is 11.5 Å². The van der Waals surface area contributed by atoms with Gasteiger partial charge in [-0.1, -0.05) is 23.5 Å². The Morgan fingerprint density at radius 3 is 2.95 bits per heavy atom. The van der Waals surface area contributed by atoms with Crippen LogP contribution in [0.2, 0.25) is 4.47 Å². The number of hydrogen-bond acceptors (Lipinski definition) is 6. The van der Waals surface area contributed by atoms with Gasteiger partial charge in [-0.2, -0.15) is 0 Å². The predicted octanol–water partition coefficient (Wildman–Crippen LogP) is 1.76. The van der Waals surface area contributed by atoms with Crippen molar-refractivity contribution in [3.05, 3.63) is 33.7 Å². The standard InChI is InChI=1S/C12H10ClN3O3S/c13-12-16-15-11(20-12)10(17)14-5-7-6-18-8-3-1-2-4-9(8)19-7/h1-4,7H,5-6H2,(H,14,17). The third-order valence-electron chi connectivity index (χ3n) is 2.65. The molecule has 1 aromatic carbocycles. The fourth-order valence-electron chi connectivity index (χ4n) is 1.74. The molecule has 6 nitrogen and oxygen atoms in total. The second kappa shape index (κ2) is 5.64. The Hall–Kier alpha value is -1.86. The van der Waals surface area contributed by atoms with Crippen molar-refractivity contribution >= 4 is 28.8 Å². The molecule has 1 amide bonds. The number of benzene rings is 1. The summed E-state index contributed by atoms with van der Waals surface area (Å²) in [5.41, 5.74) is 0. The second-order valence-corrected chi connectivity index (χ2v) is 5.63. The largest absolute Gasteiger partial charge is 0.486 e. The number of nitrogens with zero attached hydrogens (tertiary/aromatic N) is 2. The third-order valence-corrected chi connectivity index (χ3v) is 3.67. The van der Waals surface area contributed by atoms with Crippen LogP contribution < -0.4 is 14.8 Å². The van der Waals surface area contributed by atoms with Crippen molar-refractivity contribution in [1.82, 2.24) is 15.5 Å². The van der Waals surface area contributed by atoms with Crippen LogP contribution in [0.25, 0.3) is 0 Å². The van der Waals surface area contributed by atoms with Crippen LogP contribution >= 0.6 is 22.9 Å². The van der Waals surface area contributed by atoms with Gasteiger partial charge in [-0.15, -0.1) is 10.2 Å². The first-order valence-corrected chi connectivity index (χ1v) is 7.07. The van der Waals surface area contributed by atoms with Gasteiger partial charge in [0.2, 0.25) is 9.47 Å². The minimum atomic E-state index is -0.322. The molecule has 0 saturated heterocycles. The molecule has 20 heavy (non-hydrogen) atoms. The summed E-state index contributed by atoms with van der Waals surface area (Å²) in [5, 5.41) is 10.2. The Balaban J connectivity index is 1.56. The number of carbonyl (C=O) groups excluding carboxylic acids is 1. The van der Waals surface area contributed by atoms with Crippen LogP contribution in [-0.2, 0) is 0 Å². The first kappa shape index (κ1) is 13.1. The summed E-state index contributed by atoms with van der Waals surface area (Å²) < 4.78 is 11.5. The van der Waals surface area contributed by atoms with Crippen molar-refractivity contribution in [3.63, 3.8) is 0 Å². The highest BCUT2D eigenvalue weighted by molar-refractivity contribution is 7.17. The lowest BCUT2D eigenvalue weighted by Gasteiger charge is -2.26. The summed E-state index contributed by atoms with van der Waals surface area (Å²) in [6.07, 6.45) is -0.239. The first-order chi connectivity index (χ1) is 9.72. The fraction of sp³-hybridized carbons (Fsp3) is 0.250. The molecule has 2 aromatic rings. The van der Waals surface area contributed by atoms with Gasteiger partial charge in [-0.25, -0.2) is 0 Å². The molecule has 1 aromatic heterocycles. The van der Waals surface area contributed by atoms with Crippen molar-refractivity contribution in [2.75, 3.05) is 13.2 Å². The van der Waals surface area contributed by atoms with Gasteiger partial charge in [-0.05, 0) is 23.7 Å². The SMILES string of the molecule is O=C(NCC1COc2ccccc2O1)c1nnc(Cl)s1. The molecular formula is C12H10ClN3O3S. The second-order valence-electron chi connectivity index (χ2n) is 4.07. The quantitative estimate of drug-likeness (QED) is 0.935. The van der Waals surface area contributed by atoms with E-state index in [0.29, 0.717) is 24.7 Å². The molecule has 0 radical (unpaired) electrons. The molecular weight excluding hydrogens is 302 g/mol. The van der Waals surface area contributed by atoms with E-state index >= 15 is 0 Å². The maximum atomic E-state index is 11.8. The van der Waals surface area contributed by atoms with Crippen LogP contribution in [0.4, 0.5) is 0 Å². The lowest BCUT2D eigenvalue weighted by Crippen LogP contribution is -2.40. The van der Waals surface area contributed by atoms with Gasteiger partial charge in [0.25, 0.3) is 5.91 Å². The van der Waals surface area contributed by atoms with Gasteiger partial charge >= 0.3 is 0 Å². The van der Waals surface area contributed by atoms with Gasteiger partial charge < -0.3 is 14.8 Å². The first-order valence-electron chi connectivity index (χ1n) is 5.88. The fourth-order valence-corrected chi connectivity index (χ4v) is 2.49. The predicted molar refractivity (Wildman–Crippen MR) is 73.6 cm³/mol. The maximum absolute atomic E-state index is 11.8. The molecule has 0 spiro atoms. The highest BCUT2D eigenvalue weighted by atomic mass is 35.5. The summed E-state index contributed by atoms with van der Waals surface area (Å²) in [7, 11) is 0. The Kier molecular flexibility index (Phi) is 3.70. The zero-order valence-electron chi connectivity index (χ0n) is 10.2. The average Bonchev–Trinajstić information content (AvgIpc) is 2.91. The van der Waals surface area contributed by atoms with Crippen LogP contribution in [0.5, 0.6) is 11.5 Å². The summed E-state index contributed by atoms with van der Waals surface area (Å²) in [6, 6.07) is 7.41. The van der Waals surface area contributed by atoms with Gasteiger partial charge in [0.1, 0.15) is 12.7 Å². The minimum absolute atomic E-state index is 0.229. The molecule has 1 unspecified atom stereocenters. The molecule has 0 aliphatic carbocycles. The van der Waals surface area contributed by atoms with Crippen molar-refractivity contribution < 1.29 is 14.3 Å². The van der Waals surface area contributed by atoms with Crippen molar-refractivity contribution in [3.8, 4) is 11.5 Å². The van der Waals surface area contributed by atoms with E-state index in [4.69, 9.17) is 21.1 Å². The Labute approximate surface area is 123 Å². The number of ether oxygens (including phenoxy) is 2. The summed E-state index contributed by atoms with van der Waals surface area (Å²) in [5.74, 6) is 1.07. The van der Waals surface area contributed by atoms with Crippen molar-refractivity contribution in [2.24, 2.45) is 0 Å². The Morgan fingerprint density at radius 2 is 2.20 bits per heavy atom. The molecule has 0 saturated carbocycles. The summed E-state index contributed by atoms with van der Waals surface area (Å²) in [6.45, 7) is 0.707. The minimum Gasteiger partial charge on any atom is -0.486 e. The van der Waals surface area contributed by atoms with E-state index < -0.39 is 0 Å².